The number of hydrogen-bond acceptors (Lipinski definition) is 7. The second-order valence-corrected chi connectivity index (χ2v) is 9.26. The zero-order valence-electron chi connectivity index (χ0n) is 17.5. The third-order valence-electron chi connectivity index (χ3n) is 4.83. The number of thiazole rings is 1. The van der Waals surface area contributed by atoms with Gasteiger partial charge in [-0.25, -0.2) is 14.2 Å². The van der Waals surface area contributed by atoms with Crippen LogP contribution in [-0.4, -0.2) is 84.1 Å². The lowest BCUT2D eigenvalue weighted by atomic mass is 9.48. The average molecular weight is 416 g/mol. The molecule has 0 saturated carbocycles. The van der Waals surface area contributed by atoms with E-state index < -0.39 is 11.8 Å². The van der Waals surface area contributed by atoms with Crippen LogP contribution in [0.25, 0.3) is 10.6 Å². The minimum absolute atomic E-state index is 0.0474. The number of aromatic nitrogens is 1. The first-order valence-corrected chi connectivity index (χ1v) is 10.3. The molecule has 1 atom stereocenters. The summed E-state index contributed by atoms with van der Waals surface area (Å²) in [6.07, 6.45) is 1.56. The molecular formula is C18H24B3FN2O4S. The predicted molar refractivity (Wildman–Crippen MR) is 119 cm³/mol. The third-order valence-corrected chi connectivity index (χ3v) is 5.77. The second kappa shape index (κ2) is 8.89. The highest BCUT2D eigenvalue weighted by Crippen LogP contribution is 2.33. The topological polar surface area (TPSA) is 60.9 Å². The first-order valence-electron chi connectivity index (χ1n) is 9.53. The molecule has 0 amide bonds. The Hall–Kier alpha value is -1.84. The average Bonchev–Trinajstić information content (AvgIpc) is 3.12. The molecule has 29 heavy (non-hydrogen) atoms. The normalized spacial score (nSPS) is 17.8. The van der Waals surface area contributed by atoms with E-state index >= 15 is 0 Å². The van der Waals surface area contributed by atoms with Gasteiger partial charge in [-0.15, -0.1) is 11.3 Å². The molecule has 6 nitrogen and oxygen atoms in total. The lowest BCUT2D eigenvalue weighted by Crippen LogP contribution is -2.58. The molecular weight excluding hydrogens is 392 g/mol. The summed E-state index contributed by atoms with van der Waals surface area (Å²) in [5.41, 5.74) is 0.0515. The van der Waals surface area contributed by atoms with Crippen molar-refractivity contribution < 1.29 is 23.4 Å². The molecule has 0 bridgehead atoms. The summed E-state index contributed by atoms with van der Waals surface area (Å²) >= 11 is 1.35. The van der Waals surface area contributed by atoms with E-state index in [4.69, 9.17) is 14.2 Å². The Balaban J connectivity index is 1.82. The van der Waals surface area contributed by atoms with Crippen LogP contribution < -0.4 is 4.74 Å². The summed E-state index contributed by atoms with van der Waals surface area (Å²) in [5, 5.41) is 0.537. The van der Waals surface area contributed by atoms with E-state index in [9.17, 15) is 9.18 Å². The number of carbonyl (C=O) groups excluding carboxylic acids is 1. The number of esters is 1. The zero-order valence-corrected chi connectivity index (χ0v) is 18.3. The second-order valence-electron chi connectivity index (χ2n) is 8.02. The van der Waals surface area contributed by atoms with Gasteiger partial charge in [-0.3, -0.25) is 0 Å². The number of benzene rings is 1. The van der Waals surface area contributed by atoms with Crippen molar-refractivity contribution in [1.29, 1.82) is 0 Å². The number of morpholine rings is 1. The van der Waals surface area contributed by atoms with E-state index in [2.05, 4.69) is 33.4 Å². The number of halogens is 1. The first kappa shape index (κ1) is 21.9. The van der Waals surface area contributed by atoms with Gasteiger partial charge in [-0.05, 0) is 19.1 Å². The molecule has 1 aliphatic heterocycles. The Morgan fingerprint density at radius 3 is 2.83 bits per heavy atom. The van der Waals surface area contributed by atoms with Gasteiger partial charge in [-0.2, -0.15) is 0 Å². The maximum absolute atomic E-state index is 14.9. The van der Waals surface area contributed by atoms with Crippen molar-refractivity contribution in [2.45, 2.75) is 18.3 Å². The van der Waals surface area contributed by atoms with Crippen molar-refractivity contribution in [2.24, 2.45) is 0 Å². The van der Waals surface area contributed by atoms with Gasteiger partial charge < -0.3 is 19.1 Å². The van der Waals surface area contributed by atoms with Gasteiger partial charge >= 0.3 is 5.97 Å². The van der Waals surface area contributed by atoms with Crippen molar-refractivity contribution in [3.8, 4) is 16.3 Å². The Labute approximate surface area is 177 Å². The van der Waals surface area contributed by atoms with Crippen LogP contribution in [0, 0.1) is 12.7 Å². The Kier molecular flexibility index (Phi) is 6.70. The number of rotatable bonds is 6. The molecule has 1 aromatic heterocycles. The molecule has 152 valence electrons. The molecule has 1 aliphatic rings. The Morgan fingerprint density at radius 2 is 2.21 bits per heavy atom. The number of hydrogen-bond donors (Lipinski definition) is 0. The largest absolute Gasteiger partial charge is 0.491 e. The molecule has 3 rings (SSSR count). The third kappa shape index (κ3) is 5.21. The fourth-order valence-corrected chi connectivity index (χ4v) is 3.97. The summed E-state index contributed by atoms with van der Waals surface area (Å²) in [4.78, 5) is 19.6. The van der Waals surface area contributed by atoms with Crippen LogP contribution in [0.4, 0.5) is 4.39 Å². The number of ether oxygens (including phenoxy) is 3. The van der Waals surface area contributed by atoms with Gasteiger partial charge in [0.1, 0.15) is 52.8 Å². The van der Waals surface area contributed by atoms with E-state index in [0.29, 0.717) is 24.0 Å². The smallest absolute Gasteiger partial charge is 0.341 e. The molecule has 11 heteroatoms. The van der Waals surface area contributed by atoms with Crippen LogP contribution in [0.5, 0.6) is 5.75 Å². The number of carbonyl (C=O) groups is 1. The predicted octanol–water partition coefficient (Wildman–Crippen LogP) is -0.366. The summed E-state index contributed by atoms with van der Waals surface area (Å²) in [7, 11) is 7.73. The van der Waals surface area contributed by atoms with E-state index in [0.717, 1.165) is 18.0 Å². The lowest BCUT2D eigenvalue weighted by molar-refractivity contribution is -0.0494. The highest BCUT2D eigenvalue weighted by molar-refractivity contribution is 7.14. The minimum Gasteiger partial charge on any atom is -0.491 e. The van der Waals surface area contributed by atoms with Gasteiger partial charge in [0, 0.05) is 24.2 Å². The maximum atomic E-state index is 14.9. The number of aryl methyl sites for hydroxylation is 1. The van der Waals surface area contributed by atoms with Crippen LogP contribution >= 0.6 is 11.3 Å². The molecule has 1 saturated heterocycles. The quantitative estimate of drug-likeness (QED) is 0.474. The van der Waals surface area contributed by atoms with Crippen LogP contribution in [0.1, 0.15) is 15.2 Å². The fourth-order valence-electron chi connectivity index (χ4n) is 3.19. The summed E-state index contributed by atoms with van der Waals surface area (Å²) < 4.78 is 31.4. The Morgan fingerprint density at radius 1 is 1.45 bits per heavy atom. The van der Waals surface area contributed by atoms with Crippen LogP contribution in [-0.2, 0) is 9.47 Å². The molecule has 0 aliphatic carbocycles. The van der Waals surface area contributed by atoms with E-state index in [1.54, 1.807) is 12.3 Å². The summed E-state index contributed by atoms with van der Waals surface area (Å²) in [6.45, 7) is 4.44. The highest BCUT2D eigenvalue weighted by atomic mass is 32.1. The van der Waals surface area contributed by atoms with E-state index in [-0.39, 0.29) is 22.5 Å². The molecule has 0 unspecified atom stereocenters. The first-order chi connectivity index (χ1) is 13.7. The standard InChI is InChI=1S/C18H24B3FN2O4S/c1-10-7-23-16(29-10)13-5-11(6-14(15(13)22)17(25)26-2)28-9-12-8-24(3-4-27-12)18(19,20)21/h5-7,12H,3-4,8-9,19-21H2,1-2H3/t12-/m1/s1. The number of nitrogens with zero attached hydrogens (tertiary/aromatic N) is 2. The van der Waals surface area contributed by atoms with Gasteiger partial charge in [0.25, 0.3) is 0 Å². The zero-order chi connectivity index (χ0) is 21.2. The molecule has 2 heterocycles. The van der Waals surface area contributed by atoms with E-state index in [1.165, 1.54) is 24.5 Å². The van der Waals surface area contributed by atoms with Crippen molar-refractivity contribution in [1.82, 2.24) is 9.88 Å². The van der Waals surface area contributed by atoms with Gasteiger partial charge in [0.15, 0.2) is 0 Å². The molecule has 1 fully saturated rings. The van der Waals surface area contributed by atoms with Crippen molar-refractivity contribution >= 4 is 40.8 Å². The molecule has 1 aromatic carbocycles. The molecule has 0 spiro atoms. The maximum Gasteiger partial charge on any atom is 0.341 e. The number of methoxy groups -OCH3 is 1. The van der Waals surface area contributed by atoms with E-state index in [1.807, 2.05) is 6.92 Å². The van der Waals surface area contributed by atoms with Crippen LogP contribution in [0.3, 0.4) is 0 Å². The van der Waals surface area contributed by atoms with Crippen molar-refractivity contribution in [3.05, 3.63) is 34.6 Å². The van der Waals surface area contributed by atoms with Gasteiger partial charge in [0.2, 0.25) is 0 Å². The summed E-state index contributed by atoms with van der Waals surface area (Å²) in [5.74, 6) is -1.03. The van der Waals surface area contributed by atoms with Gasteiger partial charge in [0.05, 0.1) is 24.8 Å². The van der Waals surface area contributed by atoms with Gasteiger partial charge in [-0.1, -0.05) is 5.24 Å². The summed E-state index contributed by atoms with van der Waals surface area (Å²) in [6, 6.07) is 2.94. The Bertz CT molecular complexity index is 890. The highest BCUT2D eigenvalue weighted by Gasteiger charge is 2.29. The van der Waals surface area contributed by atoms with Crippen LogP contribution in [0.15, 0.2) is 18.3 Å². The SMILES string of the molecule is BC(B)(B)N1CCO[C@@H](COc2cc(C(=O)OC)c(F)c(-c3ncc(C)s3)c2)C1. The molecule has 2 aromatic rings. The lowest BCUT2D eigenvalue weighted by Gasteiger charge is -2.41. The van der Waals surface area contributed by atoms with Crippen molar-refractivity contribution in [3.63, 3.8) is 0 Å². The molecule has 0 N–H and O–H groups in total. The fraction of sp³-hybridized carbons (Fsp3) is 0.444. The van der Waals surface area contributed by atoms with Crippen LogP contribution in [0.2, 0.25) is 0 Å². The van der Waals surface area contributed by atoms with Crippen molar-refractivity contribution in [2.75, 3.05) is 33.4 Å². The molecule has 0 radical (unpaired) electrons. The minimum atomic E-state index is -0.754. The monoisotopic (exact) mass is 416 g/mol.